The molecule has 1 unspecified atom stereocenters. The van der Waals surface area contributed by atoms with Gasteiger partial charge in [-0.2, -0.15) is 4.37 Å². The van der Waals surface area contributed by atoms with Crippen LogP contribution < -0.4 is 5.32 Å². The Kier molecular flexibility index (Phi) is 6.74. The summed E-state index contributed by atoms with van der Waals surface area (Å²) in [7, 11) is 0. The molecule has 0 aromatic carbocycles. The monoisotopic (exact) mass is 303 g/mol. The van der Waals surface area contributed by atoms with Crippen LogP contribution in [0.2, 0.25) is 0 Å². The topological polar surface area (TPSA) is 75.1 Å². The molecule has 1 atom stereocenters. The highest BCUT2D eigenvalue weighted by molar-refractivity contribution is 8.00. The Morgan fingerprint density at radius 1 is 1.53 bits per heavy atom. The van der Waals surface area contributed by atoms with Crippen LogP contribution in [0.25, 0.3) is 0 Å². The van der Waals surface area contributed by atoms with E-state index in [4.69, 9.17) is 0 Å². The van der Waals surface area contributed by atoms with Crippen molar-refractivity contribution < 1.29 is 9.90 Å². The number of aliphatic carboxylic acids is 1. The van der Waals surface area contributed by atoms with Gasteiger partial charge in [0.05, 0.1) is 0 Å². The Morgan fingerprint density at radius 3 is 2.79 bits per heavy atom. The van der Waals surface area contributed by atoms with Gasteiger partial charge in [-0.05, 0) is 37.8 Å². The van der Waals surface area contributed by atoms with E-state index in [9.17, 15) is 9.90 Å². The fraction of sp³-hybridized carbons (Fsp3) is 0.750. The lowest BCUT2D eigenvalue weighted by Crippen LogP contribution is -2.50. The number of hydrogen-bond acceptors (Lipinski definition) is 6. The summed E-state index contributed by atoms with van der Waals surface area (Å²) >= 11 is 2.96. The molecule has 0 radical (unpaired) electrons. The lowest BCUT2D eigenvalue weighted by atomic mass is 9.99. The van der Waals surface area contributed by atoms with Gasteiger partial charge in [0.1, 0.15) is 11.4 Å². The van der Waals surface area contributed by atoms with Gasteiger partial charge in [0.15, 0.2) is 4.34 Å². The summed E-state index contributed by atoms with van der Waals surface area (Å²) in [6, 6.07) is 0. The van der Waals surface area contributed by atoms with Crippen molar-refractivity contribution in [3.63, 3.8) is 0 Å². The largest absolute Gasteiger partial charge is 0.480 e. The molecule has 0 saturated carbocycles. The van der Waals surface area contributed by atoms with Crippen molar-refractivity contribution in [3.05, 3.63) is 5.82 Å². The number of aromatic nitrogens is 2. The summed E-state index contributed by atoms with van der Waals surface area (Å²) in [6.45, 7) is 6.50. The van der Waals surface area contributed by atoms with Gasteiger partial charge in [0.2, 0.25) is 0 Å². The minimum Gasteiger partial charge on any atom is -0.480 e. The molecule has 0 amide bonds. The van der Waals surface area contributed by atoms with Crippen molar-refractivity contribution in [3.8, 4) is 0 Å². The molecular formula is C12H21N3O2S2. The van der Waals surface area contributed by atoms with Gasteiger partial charge in [-0.1, -0.05) is 25.6 Å². The van der Waals surface area contributed by atoms with Crippen molar-refractivity contribution in [1.82, 2.24) is 14.7 Å². The summed E-state index contributed by atoms with van der Waals surface area (Å²) in [5.74, 6) is 0.781. The summed E-state index contributed by atoms with van der Waals surface area (Å²) in [5.41, 5.74) is -0.860. The molecule has 1 rings (SSSR count). The molecule has 0 fully saturated rings. The molecule has 0 aliphatic heterocycles. The van der Waals surface area contributed by atoms with E-state index >= 15 is 0 Å². The second-order valence-corrected chi connectivity index (χ2v) is 6.59. The van der Waals surface area contributed by atoms with Crippen molar-refractivity contribution >= 4 is 29.3 Å². The predicted octanol–water partition coefficient (Wildman–Crippen LogP) is 2.43. The first-order valence-corrected chi connectivity index (χ1v) is 8.21. The van der Waals surface area contributed by atoms with Crippen LogP contribution in [0.15, 0.2) is 4.34 Å². The van der Waals surface area contributed by atoms with E-state index in [2.05, 4.69) is 14.7 Å². The third-order valence-electron chi connectivity index (χ3n) is 2.83. The Labute approximate surface area is 122 Å². The highest BCUT2D eigenvalue weighted by atomic mass is 32.2. The third kappa shape index (κ3) is 5.08. The lowest BCUT2D eigenvalue weighted by Gasteiger charge is -2.25. The molecule has 108 valence electrons. The highest BCUT2D eigenvalue weighted by Crippen LogP contribution is 2.24. The summed E-state index contributed by atoms with van der Waals surface area (Å²) in [4.78, 5) is 15.7. The normalized spacial score (nSPS) is 14.3. The van der Waals surface area contributed by atoms with Crippen molar-refractivity contribution in [2.24, 2.45) is 0 Å². The number of rotatable bonds is 9. The predicted molar refractivity (Wildman–Crippen MR) is 79.0 cm³/mol. The van der Waals surface area contributed by atoms with E-state index in [1.807, 2.05) is 13.8 Å². The van der Waals surface area contributed by atoms with E-state index in [-0.39, 0.29) is 0 Å². The Morgan fingerprint density at radius 2 is 2.26 bits per heavy atom. The fourth-order valence-corrected chi connectivity index (χ4v) is 3.38. The summed E-state index contributed by atoms with van der Waals surface area (Å²) in [5, 5.41) is 12.4. The molecule has 0 aliphatic carbocycles. The number of aryl methyl sites for hydroxylation is 1. The maximum absolute atomic E-state index is 11.3. The molecular weight excluding hydrogens is 282 g/mol. The quantitative estimate of drug-likeness (QED) is 0.682. The molecule has 1 heterocycles. The molecule has 7 heteroatoms. The maximum Gasteiger partial charge on any atom is 0.323 e. The first kappa shape index (κ1) is 16.4. The molecule has 1 aromatic heterocycles. The third-order valence-corrected chi connectivity index (χ3v) is 4.70. The zero-order valence-corrected chi connectivity index (χ0v) is 13.2. The van der Waals surface area contributed by atoms with Gasteiger partial charge >= 0.3 is 5.97 Å². The number of carbonyl (C=O) groups is 1. The second kappa shape index (κ2) is 7.81. The smallest absolute Gasteiger partial charge is 0.323 e. The van der Waals surface area contributed by atoms with Crippen molar-refractivity contribution in [2.75, 3.05) is 12.3 Å². The van der Waals surface area contributed by atoms with Gasteiger partial charge < -0.3 is 10.4 Å². The van der Waals surface area contributed by atoms with E-state index in [1.54, 1.807) is 18.7 Å². The van der Waals surface area contributed by atoms with Gasteiger partial charge in [-0.15, -0.1) is 0 Å². The average molecular weight is 303 g/mol. The van der Waals surface area contributed by atoms with Gasteiger partial charge in [0, 0.05) is 12.2 Å². The highest BCUT2D eigenvalue weighted by Gasteiger charge is 2.31. The standard InChI is InChI=1S/C12H21N3O2S2/c1-4-7-13-12(3,10(16)17)6-8-18-11-14-9(5-2)15-19-11/h13H,4-8H2,1-3H3,(H,16,17). The zero-order valence-electron chi connectivity index (χ0n) is 11.6. The van der Waals surface area contributed by atoms with Crippen LogP contribution in [0.4, 0.5) is 0 Å². The van der Waals surface area contributed by atoms with Crippen LogP contribution in [-0.4, -0.2) is 38.3 Å². The van der Waals surface area contributed by atoms with Crippen LogP contribution in [0.5, 0.6) is 0 Å². The van der Waals surface area contributed by atoms with Crippen LogP contribution in [0.3, 0.4) is 0 Å². The van der Waals surface area contributed by atoms with Crippen molar-refractivity contribution in [1.29, 1.82) is 0 Å². The van der Waals surface area contributed by atoms with E-state index in [0.29, 0.717) is 13.0 Å². The number of carboxylic acid groups (broad SMARTS) is 1. The van der Waals surface area contributed by atoms with Crippen molar-refractivity contribution in [2.45, 2.75) is 49.9 Å². The van der Waals surface area contributed by atoms with Crippen LogP contribution in [0.1, 0.15) is 39.4 Å². The summed E-state index contributed by atoms with van der Waals surface area (Å²) in [6.07, 6.45) is 2.32. The minimum atomic E-state index is -0.860. The van der Waals surface area contributed by atoms with Crippen LogP contribution >= 0.6 is 23.3 Å². The number of hydrogen-bond donors (Lipinski definition) is 2. The molecule has 0 spiro atoms. The van der Waals surface area contributed by atoms with Crippen LogP contribution in [0, 0.1) is 0 Å². The van der Waals surface area contributed by atoms with Crippen LogP contribution in [-0.2, 0) is 11.2 Å². The summed E-state index contributed by atoms with van der Waals surface area (Å²) < 4.78 is 5.13. The Bertz CT molecular complexity index is 411. The first-order valence-electron chi connectivity index (χ1n) is 6.45. The number of nitrogens with zero attached hydrogens (tertiary/aromatic N) is 2. The van der Waals surface area contributed by atoms with Gasteiger partial charge in [0.25, 0.3) is 0 Å². The molecule has 0 saturated heterocycles. The number of thioether (sulfide) groups is 1. The molecule has 2 N–H and O–H groups in total. The second-order valence-electron chi connectivity index (χ2n) is 4.49. The number of carboxylic acids is 1. The maximum atomic E-state index is 11.3. The number of nitrogens with one attached hydrogen (secondary N) is 1. The van der Waals surface area contributed by atoms with E-state index < -0.39 is 11.5 Å². The Balaban J connectivity index is 2.45. The molecule has 0 bridgehead atoms. The SMILES string of the molecule is CCCNC(C)(CCSc1nc(CC)ns1)C(=O)O. The average Bonchev–Trinajstić information content (AvgIpc) is 2.84. The minimum absolute atomic E-state index is 0.564. The van der Waals surface area contributed by atoms with Gasteiger partial charge in [-0.25, -0.2) is 4.98 Å². The fourth-order valence-electron chi connectivity index (χ4n) is 1.45. The van der Waals surface area contributed by atoms with E-state index in [1.165, 1.54) is 11.5 Å². The van der Waals surface area contributed by atoms with Gasteiger partial charge in [-0.3, -0.25) is 4.79 Å². The Hall–Kier alpha value is -0.660. The van der Waals surface area contributed by atoms with E-state index in [0.717, 1.165) is 28.8 Å². The first-order chi connectivity index (χ1) is 9.01. The lowest BCUT2D eigenvalue weighted by molar-refractivity contribution is -0.144. The molecule has 19 heavy (non-hydrogen) atoms. The molecule has 1 aromatic rings. The zero-order chi connectivity index (χ0) is 14.3. The molecule has 5 nitrogen and oxygen atoms in total. The molecule has 0 aliphatic rings.